The van der Waals surface area contributed by atoms with E-state index in [1.165, 1.54) is 6.26 Å². The van der Waals surface area contributed by atoms with E-state index in [1.807, 2.05) is 13.8 Å². The number of carbonyl (C=O) groups excluding carboxylic acids is 1. The summed E-state index contributed by atoms with van der Waals surface area (Å²) in [5, 5.41) is 11.4. The summed E-state index contributed by atoms with van der Waals surface area (Å²) in [4.78, 5) is 22.8. The third-order valence-electron chi connectivity index (χ3n) is 3.19. The monoisotopic (exact) mass is 253 g/mol. The summed E-state index contributed by atoms with van der Waals surface area (Å²) < 4.78 is 10.4. The van der Waals surface area contributed by atoms with E-state index in [-0.39, 0.29) is 29.0 Å². The number of carboxylic acids is 1. The summed E-state index contributed by atoms with van der Waals surface area (Å²) in [6.45, 7) is 3.97. The Kier molecular flexibility index (Phi) is 3.27. The van der Waals surface area contributed by atoms with Gasteiger partial charge in [-0.2, -0.15) is 0 Å². The number of carboxylic acid groups (broad SMARTS) is 1. The van der Waals surface area contributed by atoms with Gasteiger partial charge in [-0.1, -0.05) is 13.8 Å². The summed E-state index contributed by atoms with van der Waals surface area (Å²) in [6.07, 6.45) is 2.25. The Morgan fingerprint density at radius 1 is 1.50 bits per heavy atom. The van der Waals surface area contributed by atoms with Crippen molar-refractivity contribution in [3.63, 3.8) is 0 Å². The molecule has 0 bridgehead atoms. The molecule has 1 aliphatic rings. The number of rotatable bonds is 4. The average molecular weight is 253 g/mol. The molecule has 0 spiro atoms. The van der Waals surface area contributed by atoms with Crippen LogP contribution in [-0.4, -0.2) is 23.1 Å². The lowest BCUT2D eigenvalue weighted by molar-refractivity contribution is -0.126. The van der Waals surface area contributed by atoms with Gasteiger partial charge in [-0.05, 0) is 12.8 Å². The van der Waals surface area contributed by atoms with Crippen molar-refractivity contribution in [1.29, 1.82) is 0 Å². The SMILES string of the molecule is CCC(CC)C1Oc2coc(C(=O)O)c2NC1=O. The number of hydrogen-bond donors (Lipinski definition) is 2. The molecular formula is C12H15NO5. The van der Waals surface area contributed by atoms with Crippen LogP contribution in [0.15, 0.2) is 10.7 Å². The Hall–Kier alpha value is -1.98. The van der Waals surface area contributed by atoms with Crippen LogP contribution in [0.2, 0.25) is 0 Å². The van der Waals surface area contributed by atoms with E-state index in [0.29, 0.717) is 0 Å². The first-order valence-corrected chi connectivity index (χ1v) is 5.90. The average Bonchev–Trinajstić information content (AvgIpc) is 2.73. The first-order valence-electron chi connectivity index (χ1n) is 5.90. The number of hydrogen-bond acceptors (Lipinski definition) is 4. The van der Waals surface area contributed by atoms with Gasteiger partial charge in [0, 0.05) is 5.92 Å². The molecule has 98 valence electrons. The van der Waals surface area contributed by atoms with Crippen molar-refractivity contribution in [2.75, 3.05) is 5.32 Å². The van der Waals surface area contributed by atoms with E-state index >= 15 is 0 Å². The molecule has 2 N–H and O–H groups in total. The van der Waals surface area contributed by atoms with Gasteiger partial charge in [0.1, 0.15) is 12.0 Å². The van der Waals surface area contributed by atoms with Crippen LogP contribution in [0.25, 0.3) is 0 Å². The van der Waals surface area contributed by atoms with Gasteiger partial charge in [0.25, 0.3) is 5.91 Å². The summed E-state index contributed by atoms with van der Waals surface area (Å²) in [7, 11) is 0. The highest BCUT2D eigenvalue weighted by Gasteiger charge is 2.36. The van der Waals surface area contributed by atoms with Crippen molar-refractivity contribution < 1.29 is 23.8 Å². The molecule has 1 atom stereocenters. The standard InChI is InChI=1S/C12H15NO5/c1-3-6(4-2)9-11(14)13-8-7(18-9)5-17-10(8)12(15)16/h5-6,9H,3-4H2,1-2H3,(H,13,14)(H,15,16). The zero-order chi connectivity index (χ0) is 13.3. The van der Waals surface area contributed by atoms with Crippen LogP contribution in [0, 0.1) is 5.92 Å². The lowest BCUT2D eigenvalue weighted by atomic mass is 9.95. The van der Waals surface area contributed by atoms with Gasteiger partial charge < -0.3 is 19.6 Å². The van der Waals surface area contributed by atoms with E-state index < -0.39 is 12.1 Å². The van der Waals surface area contributed by atoms with Gasteiger partial charge >= 0.3 is 5.97 Å². The fourth-order valence-electron chi connectivity index (χ4n) is 2.12. The molecule has 0 radical (unpaired) electrons. The maximum atomic E-state index is 11.9. The Bertz CT molecular complexity index is 475. The molecular weight excluding hydrogens is 238 g/mol. The highest BCUT2D eigenvalue weighted by Crippen LogP contribution is 2.37. The van der Waals surface area contributed by atoms with Crippen molar-refractivity contribution >= 4 is 17.6 Å². The van der Waals surface area contributed by atoms with Gasteiger partial charge in [-0.25, -0.2) is 4.79 Å². The Labute approximate surface area is 104 Å². The van der Waals surface area contributed by atoms with Crippen molar-refractivity contribution in [3.8, 4) is 5.75 Å². The van der Waals surface area contributed by atoms with Gasteiger partial charge in [0.05, 0.1) is 0 Å². The Balaban J connectivity index is 2.29. The second-order valence-corrected chi connectivity index (χ2v) is 4.21. The molecule has 0 saturated carbocycles. The third-order valence-corrected chi connectivity index (χ3v) is 3.19. The van der Waals surface area contributed by atoms with E-state index in [1.54, 1.807) is 0 Å². The minimum absolute atomic E-state index is 0.0985. The largest absolute Gasteiger partial charge is 0.475 e. The molecule has 1 unspecified atom stereocenters. The third kappa shape index (κ3) is 1.94. The Morgan fingerprint density at radius 2 is 2.17 bits per heavy atom. The van der Waals surface area contributed by atoms with Crippen LogP contribution < -0.4 is 10.1 Å². The zero-order valence-corrected chi connectivity index (χ0v) is 10.2. The molecule has 1 aromatic rings. The molecule has 0 aliphatic carbocycles. The van der Waals surface area contributed by atoms with Crippen molar-refractivity contribution in [2.24, 2.45) is 5.92 Å². The normalized spacial score (nSPS) is 18.2. The first kappa shape index (κ1) is 12.5. The summed E-state index contributed by atoms with van der Waals surface area (Å²) in [5.41, 5.74) is 0.106. The minimum atomic E-state index is -1.24. The fraction of sp³-hybridized carbons (Fsp3) is 0.500. The molecule has 0 fully saturated rings. The zero-order valence-electron chi connectivity index (χ0n) is 10.2. The maximum Gasteiger partial charge on any atom is 0.374 e. The highest BCUT2D eigenvalue weighted by molar-refractivity contribution is 6.04. The smallest absolute Gasteiger partial charge is 0.374 e. The second kappa shape index (κ2) is 4.72. The van der Waals surface area contributed by atoms with Crippen molar-refractivity contribution in [3.05, 3.63) is 12.0 Å². The molecule has 1 aliphatic heterocycles. The second-order valence-electron chi connectivity index (χ2n) is 4.21. The summed E-state index contributed by atoms with van der Waals surface area (Å²) in [6, 6.07) is 0. The fourth-order valence-corrected chi connectivity index (χ4v) is 2.12. The number of aromatic carboxylic acids is 1. The van der Waals surface area contributed by atoms with Crippen molar-refractivity contribution in [2.45, 2.75) is 32.8 Å². The molecule has 1 aromatic heterocycles. The Morgan fingerprint density at radius 3 is 2.72 bits per heavy atom. The predicted octanol–water partition coefficient (Wildman–Crippen LogP) is 2.11. The molecule has 0 aromatic carbocycles. The lowest BCUT2D eigenvalue weighted by Gasteiger charge is -2.28. The van der Waals surface area contributed by atoms with Crippen LogP contribution in [0.4, 0.5) is 5.69 Å². The molecule has 1 amide bonds. The molecule has 2 rings (SSSR count). The van der Waals surface area contributed by atoms with Crippen LogP contribution in [0.3, 0.4) is 0 Å². The van der Waals surface area contributed by atoms with Gasteiger partial charge in [-0.3, -0.25) is 4.79 Å². The first-order chi connectivity index (χ1) is 8.58. The number of amides is 1. The van der Waals surface area contributed by atoms with Crippen molar-refractivity contribution in [1.82, 2.24) is 0 Å². The maximum absolute atomic E-state index is 11.9. The summed E-state index contributed by atoms with van der Waals surface area (Å²) in [5.74, 6) is -1.48. The molecule has 2 heterocycles. The van der Waals surface area contributed by atoms with Gasteiger partial charge in [0.15, 0.2) is 11.9 Å². The van der Waals surface area contributed by atoms with E-state index in [0.717, 1.165) is 12.8 Å². The van der Waals surface area contributed by atoms with E-state index in [4.69, 9.17) is 14.3 Å². The van der Waals surface area contributed by atoms with Crippen LogP contribution in [-0.2, 0) is 4.79 Å². The quantitative estimate of drug-likeness (QED) is 0.857. The minimum Gasteiger partial charge on any atom is -0.475 e. The molecule has 18 heavy (non-hydrogen) atoms. The number of ether oxygens (including phenoxy) is 1. The topological polar surface area (TPSA) is 88.8 Å². The van der Waals surface area contributed by atoms with E-state index in [9.17, 15) is 9.59 Å². The number of carbonyl (C=O) groups is 2. The van der Waals surface area contributed by atoms with E-state index in [2.05, 4.69) is 5.32 Å². The van der Waals surface area contributed by atoms with Gasteiger partial charge in [0.2, 0.25) is 5.76 Å². The van der Waals surface area contributed by atoms with Crippen LogP contribution in [0.5, 0.6) is 5.75 Å². The molecule has 6 nitrogen and oxygen atoms in total. The molecule has 6 heteroatoms. The van der Waals surface area contributed by atoms with Crippen LogP contribution in [0.1, 0.15) is 37.2 Å². The van der Waals surface area contributed by atoms with Gasteiger partial charge in [-0.15, -0.1) is 0 Å². The number of fused-ring (bicyclic) bond motifs is 1. The predicted molar refractivity (Wildman–Crippen MR) is 62.8 cm³/mol. The van der Waals surface area contributed by atoms with Crippen LogP contribution >= 0.6 is 0 Å². The number of nitrogens with one attached hydrogen (secondary N) is 1. The highest BCUT2D eigenvalue weighted by atomic mass is 16.5. The number of anilines is 1. The summed E-state index contributed by atoms with van der Waals surface area (Å²) >= 11 is 0. The number of furan rings is 1. The molecule has 0 saturated heterocycles. The lowest BCUT2D eigenvalue weighted by Crippen LogP contribution is -2.42.